The number of allylic oxidation sites excluding steroid dienone is 2. The average molecular weight is 537 g/mol. The van der Waals surface area contributed by atoms with Crippen molar-refractivity contribution in [3.05, 3.63) is 46.6 Å². The number of phenolic OH excluding ortho intramolecular Hbond substituents is 1. The second-order valence-electron chi connectivity index (χ2n) is 8.98. The molecule has 0 radical (unpaired) electrons. The number of hydrogen-bond donors (Lipinski definition) is 4. The van der Waals surface area contributed by atoms with Gasteiger partial charge in [-0.3, -0.25) is 4.79 Å². The van der Waals surface area contributed by atoms with Crippen LogP contribution < -0.4 is 4.74 Å². The van der Waals surface area contributed by atoms with E-state index in [9.17, 15) is 34.8 Å². The molecule has 12 nitrogen and oxygen atoms in total. The van der Waals surface area contributed by atoms with E-state index in [4.69, 9.17) is 23.7 Å². The number of aliphatic hydroxyl groups excluding tert-OH is 3. The van der Waals surface area contributed by atoms with Gasteiger partial charge in [-0.1, -0.05) is 24.3 Å². The monoisotopic (exact) mass is 536 g/mol. The van der Waals surface area contributed by atoms with E-state index in [1.165, 1.54) is 13.2 Å². The molecule has 0 spiro atoms. The van der Waals surface area contributed by atoms with Crippen LogP contribution in [0.15, 0.2) is 24.3 Å². The Bertz CT molecular complexity index is 1120. The molecule has 1 aromatic carbocycles. The normalized spacial score (nSPS) is 24.8. The zero-order valence-electron chi connectivity index (χ0n) is 21.3. The zero-order chi connectivity index (χ0) is 28.1. The molecule has 5 atom stereocenters. The minimum atomic E-state index is -1.82. The van der Waals surface area contributed by atoms with Gasteiger partial charge in [-0.25, -0.2) is 9.59 Å². The fourth-order valence-electron chi connectivity index (χ4n) is 4.26. The summed E-state index contributed by atoms with van der Waals surface area (Å²) in [6.45, 7) is 6.82. The fraction of sp³-hybridized carbons (Fsp3) is 0.500. The highest BCUT2D eigenvalue weighted by Crippen LogP contribution is 2.42. The smallest absolute Gasteiger partial charge is 0.342 e. The first-order valence-corrected chi connectivity index (χ1v) is 11.9. The zero-order valence-corrected chi connectivity index (χ0v) is 21.3. The number of ether oxygens (including phenoxy) is 5. The first-order valence-electron chi connectivity index (χ1n) is 11.9. The highest BCUT2D eigenvalue weighted by atomic mass is 16.7. The van der Waals surface area contributed by atoms with Gasteiger partial charge in [-0.2, -0.15) is 0 Å². The molecule has 12 heteroatoms. The number of fused-ring (bicyclic) bond motifs is 1. The van der Waals surface area contributed by atoms with Gasteiger partial charge >= 0.3 is 17.9 Å². The summed E-state index contributed by atoms with van der Waals surface area (Å²) < 4.78 is 25.6. The molecule has 208 valence electrons. The lowest BCUT2D eigenvalue weighted by molar-refractivity contribution is -0.287. The van der Waals surface area contributed by atoms with E-state index in [-0.39, 0.29) is 43.8 Å². The molecule has 0 aromatic heterocycles. The lowest BCUT2D eigenvalue weighted by Crippen LogP contribution is -2.60. The number of carbonyl (C=O) groups is 3. The largest absolute Gasteiger partial charge is 0.507 e. The SMILES string of the molecule is C=CCOC(=O)C1OC(OC(=O)CC/C(C)=C/Cc2c(O)c3c(c(C)c2OC)COC3=O)C(O)C(O)C1O. The fourth-order valence-corrected chi connectivity index (χ4v) is 4.26. The molecule has 4 N–H and O–H groups in total. The molecule has 1 fully saturated rings. The van der Waals surface area contributed by atoms with Crippen molar-refractivity contribution >= 4 is 17.9 Å². The van der Waals surface area contributed by atoms with Gasteiger partial charge in [0.1, 0.15) is 48.6 Å². The number of cyclic esters (lactones) is 1. The Kier molecular flexibility index (Phi) is 9.50. The molecule has 0 saturated carbocycles. The summed E-state index contributed by atoms with van der Waals surface area (Å²) in [6.07, 6.45) is -5.44. The van der Waals surface area contributed by atoms with E-state index in [2.05, 4.69) is 6.58 Å². The first-order chi connectivity index (χ1) is 18.0. The predicted molar refractivity (Wildman–Crippen MR) is 129 cm³/mol. The van der Waals surface area contributed by atoms with Gasteiger partial charge < -0.3 is 44.1 Å². The standard InChI is InChI=1S/C26H32O12/c1-5-10-35-25(33)23-20(30)19(29)21(31)26(38-23)37-16(27)9-7-12(2)6-8-14-18(28)17-15(11-36-24(17)32)13(3)22(14)34-4/h5-6,19-21,23,26,28-31H,1,7-11H2,2-4H3/b12-6+. The van der Waals surface area contributed by atoms with Gasteiger partial charge in [0.15, 0.2) is 6.10 Å². The molecular weight excluding hydrogens is 504 g/mol. The molecule has 0 aliphatic carbocycles. The number of esters is 3. The third-order valence-electron chi connectivity index (χ3n) is 6.42. The Balaban J connectivity index is 1.62. The van der Waals surface area contributed by atoms with Crippen LogP contribution in [-0.2, 0) is 41.6 Å². The number of methoxy groups -OCH3 is 1. The summed E-state index contributed by atoms with van der Waals surface area (Å²) >= 11 is 0. The van der Waals surface area contributed by atoms with Crippen LogP contribution in [0.2, 0.25) is 0 Å². The van der Waals surface area contributed by atoms with Crippen LogP contribution in [0, 0.1) is 6.92 Å². The lowest BCUT2D eigenvalue weighted by atomic mass is 9.94. The van der Waals surface area contributed by atoms with E-state index in [0.29, 0.717) is 22.4 Å². The molecule has 0 amide bonds. The number of aromatic hydroxyl groups is 1. The minimum absolute atomic E-state index is 0.0628. The number of carbonyl (C=O) groups excluding carboxylic acids is 3. The van der Waals surface area contributed by atoms with Crippen LogP contribution in [-0.4, -0.2) is 82.8 Å². The van der Waals surface area contributed by atoms with Gasteiger partial charge in [-0.15, -0.1) is 0 Å². The van der Waals surface area contributed by atoms with Gasteiger partial charge in [0, 0.05) is 17.5 Å². The van der Waals surface area contributed by atoms with E-state index < -0.39 is 48.6 Å². The third kappa shape index (κ3) is 5.99. The number of rotatable bonds is 10. The molecule has 0 bridgehead atoms. The molecule has 38 heavy (non-hydrogen) atoms. The number of benzene rings is 1. The van der Waals surface area contributed by atoms with Gasteiger partial charge in [0.05, 0.1) is 7.11 Å². The third-order valence-corrected chi connectivity index (χ3v) is 6.42. The van der Waals surface area contributed by atoms with Crippen molar-refractivity contribution in [3.8, 4) is 11.5 Å². The summed E-state index contributed by atoms with van der Waals surface area (Å²) in [5.74, 6) is -2.18. The van der Waals surface area contributed by atoms with Crippen molar-refractivity contribution in [1.82, 2.24) is 0 Å². The van der Waals surface area contributed by atoms with Crippen LogP contribution in [0.4, 0.5) is 0 Å². The molecule has 1 saturated heterocycles. The Morgan fingerprint density at radius 2 is 1.87 bits per heavy atom. The molecule has 3 rings (SSSR count). The first kappa shape index (κ1) is 29.1. The van der Waals surface area contributed by atoms with Crippen LogP contribution >= 0.6 is 0 Å². The molecule has 2 heterocycles. The summed E-state index contributed by atoms with van der Waals surface area (Å²) in [5, 5.41) is 40.9. The van der Waals surface area contributed by atoms with Crippen molar-refractivity contribution in [2.75, 3.05) is 13.7 Å². The maximum Gasteiger partial charge on any atom is 0.342 e. The van der Waals surface area contributed by atoms with Crippen LogP contribution in [0.25, 0.3) is 0 Å². The van der Waals surface area contributed by atoms with Crippen molar-refractivity contribution in [1.29, 1.82) is 0 Å². The maximum atomic E-state index is 12.4. The van der Waals surface area contributed by atoms with Crippen LogP contribution in [0.5, 0.6) is 11.5 Å². The summed E-state index contributed by atoms with van der Waals surface area (Å²) in [5.41, 5.74) is 2.55. The van der Waals surface area contributed by atoms with Crippen molar-refractivity contribution in [2.24, 2.45) is 0 Å². The summed E-state index contributed by atoms with van der Waals surface area (Å²) in [7, 11) is 1.46. The molecule has 5 unspecified atom stereocenters. The van der Waals surface area contributed by atoms with Crippen LogP contribution in [0.3, 0.4) is 0 Å². The summed E-state index contributed by atoms with van der Waals surface area (Å²) in [6, 6.07) is 0. The quantitative estimate of drug-likeness (QED) is 0.187. The van der Waals surface area contributed by atoms with Gasteiger partial charge in [0.2, 0.25) is 6.29 Å². The number of phenols is 1. The Hall–Kier alpha value is -3.45. The molecule has 2 aliphatic rings. The Morgan fingerprint density at radius 1 is 1.16 bits per heavy atom. The van der Waals surface area contributed by atoms with E-state index >= 15 is 0 Å². The second kappa shape index (κ2) is 12.4. The van der Waals surface area contributed by atoms with Crippen LogP contribution in [0.1, 0.15) is 46.8 Å². The van der Waals surface area contributed by atoms with Crippen molar-refractivity contribution in [3.63, 3.8) is 0 Å². The lowest BCUT2D eigenvalue weighted by Gasteiger charge is -2.38. The minimum Gasteiger partial charge on any atom is -0.507 e. The predicted octanol–water partition coefficient (Wildman–Crippen LogP) is 0.729. The molecular formula is C26H32O12. The van der Waals surface area contributed by atoms with Gasteiger partial charge in [-0.05, 0) is 32.3 Å². The van der Waals surface area contributed by atoms with Gasteiger partial charge in [0.25, 0.3) is 0 Å². The number of hydrogen-bond acceptors (Lipinski definition) is 12. The number of aliphatic hydroxyl groups is 3. The topological polar surface area (TPSA) is 178 Å². The second-order valence-corrected chi connectivity index (χ2v) is 8.98. The Labute approximate surface area is 219 Å². The highest BCUT2D eigenvalue weighted by Gasteiger charge is 2.49. The molecule has 1 aromatic rings. The summed E-state index contributed by atoms with van der Waals surface area (Å²) in [4.78, 5) is 36.5. The average Bonchev–Trinajstić information content (AvgIpc) is 3.29. The van der Waals surface area contributed by atoms with E-state index in [0.717, 1.165) is 5.57 Å². The van der Waals surface area contributed by atoms with E-state index in [1.54, 1.807) is 19.9 Å². The maximum absolute atomic E-state index is 12.4. The van der Waals surface area contributed by atoms with Crippen molar-refractivity contribution in [2.45, 2.75) is 70.4 Å². The Morgan fingerprint density at radius 3 is 2.53 bits per heavy atom. The van der Waals surface area contributed by atoms with E-state index in [1.807, 2.05) is 0 Å². The van der Waals surface area contributed by atoms with Crippen molar-refractivity contribution < 1.29 is 58.5 Å². The highest BCUT2D eigenvalue weighted by molar-refractivity contribution is 5.98. The molecule has 2 aliphatic heterocycles.